The van der Waals surface area contributed by atoms with Crippen molar-refractivity contribution in [1.29, 1.82) is 0 Å². The van der Waals surface area contributed by atoms with Crippen LogP contribution in [0.5, 0.6) is 11.5 Å². The quantitative estimate of drug-likeness (QED) is 0.679. The minimum absolute atomic E-state index is 0.0971. The Balaban J connectivity index is 2.20. The van der Waals surface area contributed by atoms with Crippen LogP contribution in [0.2, 0.25) is 0 Å². The van der Waals surface area contributed by atoms with E-state index in [-0.39, 0.29) is 22.6 Å². The van der Waals surface area contributed by atoms with Gasteiger partial charge in [0.1, 0.15) is 16.9 Å². The van der Waals surface area contributed by atoms with Gasteiger partial charge in [-0.2, -0.15) is 0 Å². The van der Waals surface area contributed by atoms with Crippen LogP contribution in [0.1, 0.15) is 37.6 Å². The third-order valence-electron chi connectivity index (χ3n) is 4.76. The largest absolute Gasteiger partial charge is 0.497 e. The van der Waals surface area contributed by atoms with E-state index in [1.807, 2.05) is 36.9 Å². The predicted molar refractivity (Wildman–Crippen MR) is 112 cm³/mol. The number of thioether (sulfide) groups is 1. The highest BCUT2D eigenvalue weighted by Gasteiger charge is 2.41. The molecule has 0 spiro atoms. The SMILES string of the molecule is CCCNC(=O)N(C)CCN1C(=O)C(CC)SC1c1cc(OC)ccc1OC. The van der Waals surface area contributed by atoms with Gasteiger partial charge in [0.2, 0.25) is 5.91 Å². The minimum atomic E-state index is -0.172. The fraction of sp³-hybridized carbons (Fsp3) is 0.600. The van der Waals surface area contributed by atoms with E-state index in [9.17, 15) is 9.59 Å². The molecule has 7 nitrogen and oxygen atoms in total. The lowest BCUT2D eigenvalue weighted by molar-refractivity contribution is -0.130. The zero-order valence-electron chi connectivity index (χ0n) is 17.4. The van der Waals surface area contributed by atoms with Gasteiger partial charge >= 0.3 is 6.03 Å². The van der Waals surface area contributed by atoms with Gasteiger partial charge in [0.05, 0.1) is 19.5 Å². The van der Waals surface area contributed by atoms with Gasteiger partial charge < -0.3 is 24.6 Å². The monoisotopic (exact) mass is 409 g/mol. The molecule has 0 radical (unpaired) electrons. The maximum absolute atomic E-state index is 12.9. The Bertz CT molecular complexity index is 685. The molecular formula is C20H31N3O4S. The number of hydrogen-bond acceptors (Lipinski definition) is 5. The fourth-order valence-electron chi connectivity index (χ4n) is 3.09. The molecule has 0 bridgehead atoms. The number of carbonyl (C=O) groups excluding carboxylic acids is 2. The first kappa shape index (κ1) is 22.2. The second kappa shape index (κ2) is 10.5. The van der Waals surface area contributed by atoms with E-state index in [2.05, 4.69) is 5.32 Å². The molecule has 1 heterocycles. The van der Waals surface area contributed by atoms with Crippen molar-refractivity contribution in [2.75, 3.05) is 40.9 Å². The molecule has 1 aromatic rings. The molecular weight excluding hydrogens is 378 g/mol. The van der Waals surface area contributed by atoms with E-state index in [1.54, 1.807) is 37.9 Å². The number of carbonyl (C=O) groups is 2. The predicted octanol–water partition coefficient (Wildman–Crippen LogP) is 3.11. The minimum Gasteiger partial charge on any atom is -0.497 e. The Morgan fingerprint density at radius 3 is 2.64 bits per heavy atom. The highest BCUT2D eigenvalue weighted by Crippen LogP contribution is 2.47. The number of ether oxygens (including phenoxy) is 2. The first-order valence-corrected chi connectivity index (χ1v) is 10.6. The van der Waals surface area contributed by atoms with Crippen LogP contribution < -0.4 is 14.8 Å². The molecule has 1 fully saturated rings. The van der Waals surface area contributed by atoms with Crippen molar-refractivity contribution in [2.45, 2.75) is 37.3 Å². The highest BCUT2D eigenvalue weighted by molar-refractivity contribution is 8.01. The summed E-state index contributed by atoms with van der Waals surface area (Å²) < 4.78 is 10.9. The van der Waals surface area contributed by atoms with Crippen LogP contribution in [0.3, 0.4) is 0 Å². The van der Waals surface area contributed by atoms with Gasteiger partial charge in [0, 0.05) is 32.2 Å². The smallest absolute Gasteiger partial charge is 0.317 e. The van der Waals surface area contributed by atoms with Crippen molar-refractivity contribution in [2.24, 2.45) is 0 Å². The lowest BCUT2D eigenvalue weighted by atomic mass is 10.1. The van der Waals surface area contributed by atoms with Gasteiger partial charge in [0.15, 0.2) is 0 Å². The Morgan fingerprint density at radius 2 is 2.04 bits per heavy atom. The number of hydrogen-bond donors (Lipinski definition) is 1. The van der Waals surface area contributed by atoms with Gasteiger partial charge in [-0.1, -0.05) is 13.8 Å². The Labute approximate surface area is 171 Å². The number of likely N-dealkylation sites (N-methyl/N-ethyl adjacent to an activating group) is 1. The van der Waals surface area contributed by atoms with Crippen molar-refractivity contribution in [3.8, 4) is 11.5 Å². The van der Waals surface area contributed by atoms with Gasteiger partial charge in [-0.3, -0.25) is 4.79 Å². The van der Waals surface area contributed by atoms with E-state index in [0.29, 0.717) is 19.6 Å². The van der Waals surface area contributed by atoms with Crippen LogP contribution >= 0.6 is 11.8 Å². The van der Waals surface area contributed by atoms with Gasteiger partial charge in [-0.05, 0) is 31.0 Å². The van der Waals surface area contributed by atoms with Crippen molar-refractivity contribution in [1.82, 2.24) is 15.1 Å². The zero-order valence-corrected chi connectivity index (χ0v) is 18.2. The standard InChI is InChI=1S/C20H31N3O4S/c1-6-10-21-20(25)22(3)11-12-23-18(24)17(7-2)28-19(23)15-13-14(26-4)8-9-16(15)27-5/h8-9,13,17,19H,6-7,10-12H2,1-5H3,(H,21,25). The number of methoxy groups -OCH3 is 2. The van der Waals surface area contributed by atoms with Crippen LogP contribution in [0.4, 0.5) is 4.79 Å². The van der Waals surface area contributed by atoms with E-state index in [0.717, 1.165) is 29.9 Å². The lowest BCUT2D eigenvalue weighted by Gasteiger charge is -2.28. The summed E-state index contributed by atoms with van der Waals surface area (Å²) in [5.41, 5.74) is 0.911. The first-order valence-electron chi connectivity index (χ1n) is 9.63. The summed E-state index contributed by atoms with van der Waals surface area (Å²) in [6, 6.07) is 5.51. The Kier molecular flexibility index (Phi) is 8.29. The number of nitrogens with zero attached hydrogens (tertiary/aromatic N) is 2. The molecule has 1 aliphatic heterocycles. The van der Waals surface area contributed by atoms with E-state index in [1.165, 1.54) is 0 Å². The fourth-order valence-corrected chi connectivity index (χ4v) is 4.53. The molecule has 156 valence electrons. The molecule has 0 aromatic heterocycles. The molecule has 2 atom stereocenters. The van der Waals surface area contributed by atoms with Crippen molar-refractivity contribution >= 4 is 23.7 Å². The average molecular weight is 410 g/mol. The van der Waals surface area contributed by atoms with Crippen molar-refractivity contribution in [3.63, 3.8) is 0 Å². The molecule has 1 aliphatic rings. The summed E-state index contributed by atoms with van der Waals surface area (Å²) in [6.45, 7) is 5.59. The van der Waals surface area contributed by atoms with Crippen LogP contribution in [0.15, 0.2) is 18.2 Å². The molecule has 3 amide bonds. The van der Waals surface area contributed by atoms with Crippen LogP contribution in [0, 0.1) is 0 Å². The van der Waals surface area contributed by atoms with Gasteiger partial charge in [-0.15, -0.1) is 11.8 Å². The second-order valence-electron chi connectivity index (χ2n) is 6.68. The zero-order chi connectivity index (χ0) is 20.7. The maximum Gasteiger partial charge on any atom is 0.317 e. The molecule has 8 heteroatoms. The first-order chi connectivity index (χ1) is 13.5. The summed E-state index contributed by atoms with van der Waals surface area (Å²) in [6.07, 6.45) is 1.65. The maximum atomic E-state index is 12.9. The van der Waals surface area contributed by atoms with Crippen LogP contribution in [0.25, 0.3) is 0 Å². The molecule has 1 saturated heterocycles. The molecule has 0 aliphatic carbocycles. The van der Waals surface area contributed by atoms with E-state index < -0.39 is 0 Å². The Morgan fingerprint density at radius 1 is 1.29 bits per heavy atom. The topological polar surface area (TPSA) is 71.1 Å². The molecule has 1 N–H and O–H groups in total. The summed E-state index contributed by atoms with van der Waals surface area (Å²) in [4.78, 5) is 28.5. The molecule has 0 saturated carbocycles. The summed E-state index contributed by atoms with van der Waals surface area (Å²) in [5.74, 6) is 1.55. The molecule has 28 heavy (non-hydrogen) atoms. The lowest BCUT2D eigenvalue weighted by Crippen LogP contribution is -2.43. The van der Waals surface area contributed by atoms with Crippen molar-refractivity contribution < 1.29 is 19.1 Å². The average Bonchev–Trinajstić information content (AvgIpc) is 3.04. The van der Waals surface area contributed by atoms with E-state index in [4.69, 9.17) is 9.47 Å². The number of amides is 3. The number of benzene rings is 1. The molecule has 2 unspecified atom stereocenters. The van der Waals surface area contributed by atoms with E-state index >= 15 is 0 Å². The Hall–Kier alpha value is -2.09. The number of urea groups is 1. The van der Waals surface area contributed by atoms with Gasteiger partial charge in [0.25, 0.3) is 0 Å². The number of rotatable bonds is 9. The third-order valence-corrected chi connectivity index (χ3v) is 6.39. The van der Waals surface area contributed by atoms with Crippen molar-refractivity contribution in [3.05, 3.63) is 23.8 Å². The van der Waals surface area contributed by atoms with Crippen LogP contribution in [-0.4, -0.2) is 67.9 Å². The molecule has 2 rings (SSSR count). The summed E-state index contributed by atoms with van der Waals surface area (Å²) >= 11 is 1.62. The summed E-state index contributed by atoms with van der Waals surface area (Å²) in [7, 11) is 4.99. The second-order valence-corrected chi connectivity index (χ2v) is 7.97. The van der Waals surface area contributed by atoms with Gasteiger partial charge in [-0.25, -0.2) is 4.79 Å². The third kappa shape index (κ3) is 5.04. The number of nitrogens with one attached hydrogen (secondary N) is 1. The summed E-state index contributed by atoms with van der Waals surface area (Å²) in [5, 5.41) is 2.59. The van der Waals surface area contributed by atoms with Crippen LogP contribution in [-0.2, 0) is 4.79 Å². The molecule has 1 aromatic carbocycles. The normalized spacial score (nSPS) is 18.9. The highest BCUT2D eigenvalue weighted by atomic mass is 32.2.